The molecular formula is C27H20Cl2N2O4S. The van der Waals surface area contributed by atoms with Gasteiger partial charge in [0.15, 0.2) is 11.5 Å². The highest BCUT2D eigenvalue weighted by Gasteiger charge is 2.35. The van der Waals surface area contributed by atoms with Crippen molar-refractivity contribution in [3.05, 3.63) is 97.9 Å². The van der Waals surface area contributed by atoms with Crippen LogP contribution in [0.15, 0.2) is 65.6 Å². The minimum absolute atomic E-state index is 0.131. The summed E-state index contributed by atoms with van der Waals surface area (Å²) in [4.78, 5) is 26.9. The zero-order valence-corrected chi connectivity index (χ0v) is 21.5. The third kappa shape index (κ3) is 5.85. The Bertz CT molecular complexity index is 1380. The second-order valence-corrected chi connectivity index (χ2v) is 9.55. The van der Waals surface area contributed by atoms with Gasteiger partial charge in [-0.05, 0) is 66.2 Å². The fourth-order valence-corrected chi connectivity index (χ4v) is 4.78. The van der Waals surface area contributed by atoms with Crippen molar-refractivity contribution < 1.29 is 19.1 Å². The van der Waals surface area contributed by atoms with E-state index in [1.165, 1.54) is 4.90 Å². The molecule has 0 unspecified atom stereocenters. The van der Waals surface area contributed by atoms with Crippen molar-refractivity contribution in [1.29, 1.82) is 5.26 Å². The highest BCUT2D eigenvalue weighted by Crippen LogP contribution is 2.40. The Balaban J connectivity index is 1.56. The van der Waals surface area contributed by atoms with Crippen LogP contribution in [0.2, 0.25) is 10.0 Å². The van der Waals surface area contributed by atoms with Crippen LogP contribution in [-0.2, 0) is 17.9 Å². The summed E-state index contributed by atoms with van der Waals surface area (Å²) in [5.74, 6) is 0.341. The number of rotatable bonds is 8. The van der Waals surface area contributed by atoms with Crippen LogP contribution in [0.4, 0.5) is 4.79 Å². The monoisotopic (exact) mass is 538 g/mol. The summed E-state index contributed by atoms with van der Waals surface area (Å²) in [7, 11) is 0. The van der Waals surface area contributed by atoms with Gasteiger partial charge in [-0.2, -0.15) is 5.26 Å². The Morgan fingerprint density at radius 1 is 1.06 bits per heavy atom. The van der Waals surface area contributed by atoms with E-state index >= 15 is 0 Å². The molecule has 1 aliphatic rings. The Morgan fingerprint density at radius 2 is 1.81 bits per heavy atom. The van der Waals surface area contributed by atoms with Crippen LogP contribution in [0.5, 0.6) is 11.5 Å². The summed E-state index contributed by atoms with van der Waals surface area (Å²) in [5.41, 5.74) is 2.61. The quantitative estimate of drug-likeness (QED) is 0.285. The van der Waals surface area contributed by atoms with Crippen molar-refractivity contribution in [2.24, 2.45) is 0 Å². The molecule has 3 aromatic rings. The smallest absolute Gasteiger partial charge is 0.293 e. The SMILES string of the molecule is CCOc1cc(C=C2SC(=O)N(Cc3ccc(Cl)cc3)C2=O)cc(Cl)c1OCc1ccccc1C#N. The molecule has 1 fully saturated rings. The first kappa shape index (κ1) is 25.6. The van der Waals surface area contributed by atoms with E-state index in [0.29, 0.717) is 34.3 Å². The van der Waals surface area contributed by atoms with Gasteiger partial charge in [-0.1, -0.05) is 53.5 Å². The number of nitrogens with zero attached hydrogens (tertiary/aromatic N) is 2. The zero-order valence-electron chi connectivity index (χ0n) is 19.2. The molecule has 0 spiro atoms. The van der Waals surface area contributed by atoms with Crippen molar-refractivity contribution in [3.63, 3.8) is 0 Å². The molecule has 2 amide bonds. The lowest BCUT2D eigenvalue weighted by atomic mass is 10.1. The first-order valence-corrected chi connectivity index (χ1v) is 12.5. The summed E-state index contributed by atoms with van der Waals surface area (Å²) < 4.78 is 11.7. The number of halogens is 2. The number of benzene rings is 3. The van der Waals surface area contributed by atoms with E-state index in [9.17, 15) is 14.9 Å². The summed E-state index contributed by atoms with van der Waals surface area (Å²) in [5, 5.41) is 9.81. The van der Waals surface area contributed by atoms with E-state index in [4.69, 9.17) is 32.7 Å². The molecule has 0 N–H and O–H groups in total. The first-order valence-electron chi connectivity index (χ1n) is 11.0. The van der Waals surface area contributed by atoms with Gasteiger partial charge in [0.1, 0.15) is 6.61 Å². The van der Waals surface area contributed by atoms with Crippen LogP contribution < -0.4 is 9.47 Å². The first-order chi connectivity index (χ1) is 17.4. The minimum atomic E-state index is -0.387. The van der Waals surface area contributed by atoms with Crippen molar-refractivity contribution in [1.82, 2.24) is 4.90 Å². The predicted octanol–water partition coefficient (Wildman–Crippen LogP) is 7.08. The van der Waals surface area contributed by atoms with Gasteiger partial charge in [-0.25, -0.2) is 0 Å². The molecule has 0 aliphatic carbocycles. The van der Waals surface area contributed by atoms with Gasteiger partial charge in [0, 0.05) is 10.6 Å². The lowest BCUT2D eigenvalue weighted by molar-refractivity contribution is -0.123. The second-order valence-electron chi connectivity index (χ2n) is 7.71. The van der Waals surface area contributed by atoms with Gasteiger partial charge >= 0.3 is 0 Å². The summed E-state index contributed by atoms with van der Waals surface area (Å²) in [6.07, 6.45) is 1.61. The van der Waals surface area contributed by atoms with Gasteiger partial charge in [-0.3, -0.25) is 14.5 Å². The van der Waals surface area contributed by atoms with E-state index in [-0.39, 0.29) is 34.2 Å². The van der Waals surface area contributed by atoms with Crippen LogP contribution in [0.25, 0.3) is 6.08 Å². The Kier molecular flexibility index (Phi) is 8.21. The van der Waals surface area contributed by atoms with Gasteiger partial charge in [-0.15, -0.1) is 0 Å². The minimum Gasteiger partial charge on any atom is -0.490 e. The van der Waals surface area contributed by atoms with E-state index in [0.717, 1.165) is 22.9 Å². The number of carbonyl (C=O) groups excluding carboxylic acids is 2. The average Bonchev–Trinajstić information content (AvgIpc) is 3.12. The number of hydrogen-bond donors (Lipinski definition) is 0. The molecule has 0 radical (unpaired) electrons. The van der Waals surface area contributed by atoms with Gasteiger partial charge in [0.05, 0.1) is 34.7 Å². The molecule has 4 rings (SSSR count). The van der Waals surface area contributed by atoms with E-state index in [1.54, 1.807) is 60.7 Å². The van der Waals surface area contributed by atoms with Crippen LogP contribution in [0, 0.1) is 11.3 Å². The molecule has 0 aromatic heterocycles. The molecule has 3 aromatic carbocycles. The molecule has 0 saturated carbocycles. The topological polar surface area (TPSA) is 79.6 Å². The van der Waals surface area contributed by atoms with Crippen molar-refractivity contribution in [2.75, 3.05) is 6.61 Å². The third-order valence-corrected chi connectivity index (χ3v) is 6.71. The molecule has 1 saturated heterocycles. The molecular weight excluding hydrogens is 519 g/mol. The van der Waals surface area contributed by atoms with E-state index in [1.807, 2.05) is 13.0 Å². The molecule has 0 bridgehead atoms. The Morgan fingerprint density at radius 3 is 2.53 bits per heavy atom. The average molecular weight is 539 g/mol. The summed E-state index contributed by atoms with van der Waals surface area (Å²) in [6, 6.07) is 19.6. The third-order valence-electron chi connectivity index (χ3n) is 5.27. The van der Waals surface area contributed by atoms with E-state index < -0.39 is 0 Å². The maximum atomic E-state index is 12.9. The molecule has 6 nitrogen and oxygen atoms in total. The van der Waals surface area contributed by atoms with Gasteiger partial charge < -0.3 is 9.47 Å². The van der Waals surface area contributed by atoms with Crippen molar-refractivity contribution >= 4 is 52.2 Å². The standard InChI is InChI=1S/C27H20Cl2N2O4S/c1-2-34-23-12-18(11-22(29)25(23)35-16-20-6-4-3-5-19(20)14-30)13-24-26(32)31(27(33)36-24)15-17-7-9-21(28)10-8-17/h3-13H,2,15-16H2,1H3. The normalized spacial score (nSPS) is 14.3. The lowest BCUT2D eigenvalue weighted by Crippen LogP contribution is -2.27. The second kappa shape index (κ2) is 11.5. The largest absolute Gasteiger partial charge is 0.490 e. The van der Waals surface area contributed by atoms with Crippen molar-refractivity contribution in [2.45, 2.75) is 20.1 Å². The maximum Gasteiger partial charge on any atom is 0.293 e. The lowest BCUT2D eigenvalue weighted by Gasteiger charge is -2.15. The maximum absolute atomic E-state index is 12.9. The predicted molar refractivity (Wildman–Crippen MR) is 141 cm³/mol. The van der Waals surface area contributed by atoms with Crippen LogP contribution in [-0.4, -0.2) is 22.7 Å². The van der Waals surface area contributed by atoms with Crippen LogP contribution in [0.1, 0.15) is 29.2 Å². The summed E-state index contributed by atoms with van der Waals surface area (Å²) >= 11 is 13.3. The number of carbonyl (C=O) groups is 2. The Labute approximate surface area is 223 Å². The number of ether oxygens (including phenoxy) is 2. The molecule has 182 valence electrons. The van der Waals surface area contributed by atoms with Crippen molar-refractivity contribution in [3.8, 4) is 17.6 Å². The number of amides is 2. The fraction of sp³-hybridized carbons (Fsp3) is 0.148. The molecule has 0 atom stereocenters. The molecule has 1 heterocycles. The number of hydrogen-bond acceptors (Lipinski definition) is 6. The highest BCUT2D eigenvalue weighted by atomic mass is 35.5. The van der Waals surface area contributed by atoms with Crippen LogP contribution in [0.3, 0.4) is 0 Å². The number of thioether (sulfide) groups is 1. The highest BCUT2D eigenvalue weighted by molar-refractivity contribution is 8.18. The summed E-state index contributed by atoms with van der Waals surface area (Å²) in [6.45, 7) is 2.48. The Hall–Kier alpha value is -3.44. The fourth-order valence-electron chi connectivity index (χ4n) is 3.54. The molecule has 1 aliphatic heterocycles. The number of nitriles is 1. The molecule has 36 heavy (non-hydrogen) atoms. The van der Waals surface area contributed by atoms with Crippen LogP contribution >= 0.6 is 35.0 Å². The number of imide groups is 1. The van der Waals surface area contributed by atoms with Gasteiger partial charge in [0.2, 0.25) is 0 Å². The zero-order chi connectivity index (χ0) is 25.7. The molecule has 9 heteroatoms. The van der Waals surface area contributed by atoms with E-state index in [2.05, 4.69) is 6.07 Å². The van der Waals surface area contributed by atoms with Gasteiger partial charge in [0.25, 0.3) is 11.1 Å².